The van der Waals surface area contributed by atoms with Gasteiger partial charge in [-0.1, -0.05) is 12.1 Å². The lowest BCUT2D eigenvalue weighted by atomic mass is 10.1. The van der Waals surface area contributed by atoms with Crippen LogP contribution in [0.1, 0.15) is 18.1 Å². The van der Waals surface area contributed by atoms with Gasteiger partial charge in [-0.05, 0) is 30.2 Å². The Morgan fingerprint density at radius 2 is 2.07 bits per heavy atom. The lowest BCUT2D eigenvalue weighted by Gasteiger charge is -2.02. The van der Waals surface area contributed by atoms with Crippen molar-refractivity contribution in [2.75, 3.05) is 0 Å². The molecule has 0 unspecified atom stereocenters. The summed E-state index contributed by atoms with van der Waals surface area (Å²) in [5, 5.41) is 1.19. The lowest BCUT2D eigenvalue weighted by Crippen LogP contribution is -1.99. The molecule has 0 saturated heterocycles. The number of Topliss-reactive ketones (excluding diaryl/α,β-unsaturated/α-hetero) is 1. The van der Waals surface area contributed by atoms with Gasteiger partial charge < -0.3 is 0 Å². The summed E-state index contributed by atoms with van der Waals surface area (Å²) in [6.07, 6.45) is 1.85. The summed E-state index contributed by atoms with van der Waals surface area (Å²) in [7, 11) is -3.26. The zero-order valence-corrected chi connectivity index (χ0v) is 9.04. The third-order valence-corrected chi connectivity index (χ3v) is 3.73. The van der Waals surface area contributed by atoms with Gasteiger partial charge >= 0.3 is 0 Å². The summed E-state index contributed by atoms with van der Waals surface area (Å²) >= 11 is 0. The molecule has 78 valence electrons. The van der Waals surface area contributed by atoms with E-state index >= 15 is 0 Å². The minimum absolute atomic E-state index is 0.0262. The molecule has 1 aliphatic heterocycles. The van der Waals surface area contributed by atoms with E-state index in [0.29, 0.717) is 10.5 Å². The van der Waals surface area contributed by atoms with Crippen molar-refractivity contribution >= 4 is 21.7 Å². The van der Waals surface area contributed by atoms with Crippen LogP contribution in [0.5, 0.6) is 0 Å². The number of ketones is 1. The van der Waals surface area contributed by atoms with Gasteiger partial charge in [-0.3, -0.25) is 4.79 Å². The third kappa shape index (κ3) is 1.85. The van der Waals surface area contributed by atoms with Gasteiger partial charge in [-0.15, -0.1) is 0 Å². The summed E-state index contributed by atoms with van der Waals surface area (Å²) in [5.41, 5.74) is 1.44. The smallest absolute Gasteiger partial charge is 0.200 e. The Kier molecular flexibility index (Phi) is 2.23. The van der Waals surface area contributed by atoms with E-state index < -0.39 is 9.84 Å². The maximum atomic E-state index is 11.5. The van der Waals surface area contributed by atoms with E-state index in [4.69, 9.17) is 0 Å². The molecule has 0 N–H and O–H groups in total. The van der Waals surface area contributed by atoms with Crippen molar-refractivity contribution < 1.29 is 13.2 Å². The zero-order valence-electron chi connectivity index (χ0n) is 8.23. The Morgan fingerprint density at radius 3 is 2.73 bits per heavy atom. The first kappa shape index (κ1) is 10.1. The number of fused-ring (bicyclic) bond motifs is 1. The fourth-order valence-electron chi connectivity index (χ4n) is 1.60. The van der Waals surface area contributed by atoms with E-state index in [1.807, 2.05) is 0 Å². The van der Waals surface area contributed by atoms with Gasteiger partial charge in [-0.2, -0.15) is 0 Å². The highest BCUT2D eigenvalue weighted by Gasteiger charge is 2.20. The van der Waals surface area contributed by atoms with Crippen molar-refractivity contribution in [1.82, 2.24) is 0 Å². The molecule has 0 radical (unpaired) electrons. The van der Waals surface area contributed by atoms with Crippen LogP contribution in [0.15, 0.2) is 28.5 Å². The molecule has 0 bridgehead atoms. The predicted octanol–water partition coefficient (Wildman–Crippen LogP) is 1.58. The van der Waals surface area contributed by atoms with Crippen LogP contribution >= 0.6 is 0 Å². The Morgan fingerprint density at radius 1 is 1.33 bits per heavy atom. The Labute approximate surface area is 88.3 Å². The molecular formula is C11H10O3S. The average molecular weight is 222 g/mol. The molecule has 1 aliphatic rings. The number of hydrogen-bond acceptors (Lipinski definition) is 3. The summed E-state index contributed by atoms with van der Waals surface area (Å²) in [4.78, 5) is 11.2. The Bertz CT molecular complexity index is 553. The molecule has 3 nitrogen and oxygen atoms in total. The molecule has 1 heterocycles. The second-order valence-corrected chi connectivity index (χ2v) is 5.40. The lowest BCUT2D eigenvalue weighted by molar-refractivity contribution is -0.116. The van der Waals surface area contributed by atoms with Crippen molar-refractivity contribution in [2.45, 2.75) is 18.2 Å². The summed E-state index contributed by atoms with van der Waals surface area (Å²) < 4.78 is 23.0. The first-order valence-electron chi connectivity index (χ1n) is 4.54. The highest BCUT2D eigenvalue weighted by atomic mass is 32.2. The van der Waals surface area contributed by atoms with E-state index in [9.17, 15) is 13.2 Å². The molecule has 4 heteroatoms. The van der Waals surface area contributed by atoms with Crippen LogP contribution in [-0.2, 0) is 21.1 Å². The minimum Gasteiger partial charge on any atom is -0.300 e. The Balaban J connectivity index is 2.49. The van der Waals surface area contributed by atoms with Gasteiger partial charge in [-0.25, -0.2) is 8.42 Å². The number of sulfone groups is 1. The standard InChI is InChI=1S/C11H10O3S/c1-8(12)6-9-2-3-10-4-5-15(13,14)11(10)7-9/h2-5,7H,6H2,1H3. The largest absolute Gasteiger partial charge is 0.300 e. The van der Waals surface area contributed by atoms with E-state index in [-0.39, 0.29) is 12.2 Å². The first-order chi connectivity index (χ1) is 6.99. The van der Waals surface area contributed by atoms with Crippen molar-refractivity contribution in [3.63, 3.8) is 0 Å². The molecule has 1 aromatic rings. The van der Waals surface area contributed by atoms with Crippen molar-refractivity contribution in [1.29, 1.82) is 0 Å². The summed E-state index contributed by atoms with van der Waals surface area (Å²) in [6.45, 7) is 1.49. The normalized spacial score (nSPS) is 16.3. The fraction of sp³-hybridized carbons (Fsp3) is 0.182. The number of carbonyl (C=O) groups is 1. The zero-order chi connectivity index (χ0) is 11.1. The average Bonchev–Trinajstić information content (AvgIpc) is 2.42. The van der Waals surface area contributed by atoms with Crippen LogP contribution in [-0.4, -0.2) is 14.2 Å². The fourth-order valence-corrected chi connectivity index (χ4v) is 2.85. The van der Waals surface area contributed by atoms with Crippen LogP contribution in [0.4, 0.5) is 0 Å². The topological polar surface area (TPSA) is 51.2 Å². The molecule has 0 atom stereocenters. The van der Waals surface area contributed by atoms with Crippen molar-refractivity contribution in [3.05, 3.63) is 34.7 Å². The van der Waals surface area contributed by atoms with Crippen molar-refractivity contribution in [2.24, 2.45) is 0 Å². The number of hydrogen-bond donors (Lipinski definition) is 0. The van der Waals surface area contributed by atoms with Gasteiger partial charge in [0.15, 0.2) is 9.84 Å². The molecule has 15 heavy (non-hydrogen) atoms. The van der Waals surface area contributed by atoms with Crippen LogP contribution < -0.4 is 0 Å². The minimum atomic E-state index is -3.26. The van der Waals surface area contributed by atoms with Crippen molar-refractivity contribution in [3.8, 4) is 0 Å². The summed E-state index contributed by atoms with van der Waals surface area (Å²) in [6, 6.07) is 5.09. The van der Waals surface area contributed by atoms with Crippen LogP contribution in [0.25, 0.3) is 6.08 Å². The highest BCUT2D eigenvalue weighted by Crippen LogP contribution is 2.27. The molecule has 0 amide bonds. The van der Waals surface area contributed by atoms with E-state index in [2.05, 4.69) is 0 Å². The maximum absolute atomic E-state index is 11.5. The molecule has 1 aromatic carbocycles. The maximum Gasteiger partial charge on any atom is 0.200 e. The molecule has 0 saturated carbocycles. The van der Waals surface area contributed by atoms with Gasteiger partial charge in [0.25, 0.3) is 0 Å². The quantitative estimate of drug-likeness (QED) is 0.763. The number of rotatable bonds is 2. The predicted molar refractivity (Wildman–Crippen MR) is 57.0 cm³/mol. The van der Waals surface area contributed by atoms with E-state index in [0.717, 1.165) is 5.56 Å². The second kappa shape index (κ2) is 3.31. The molecule has 0 fully saturated rings. The van der Waals surface area contributed by atoms with E-state index in [1.54, 1.807) is 24.3 Å². The number of carbonyl (C=O) groups excluding carboxylic acids is 1. The van der Waals surface area contributed by atoms with Crippen LogP contribution in [0.3, 0.4) is 0 Å². The molecule has 2 rings (SSSR count). The van der Waals surface area contributed by atoms with Gasteiger partial charge in [0.05, 0.1) is 4.90 Å². The molecule has 0 aliphatic carbocycles. The first-order valence-corrected chi connectivity index (χ1v) is 6.09. The van der Waals surface area contributed by atoms with Gasteiger partial charge in [0, 0.05) is 11.8 Å². The number of benzene rings is 1. The summed E-state index contributed by atoms with van der Waals surface area (Å²) in [5.74, 6) is 0.0262. The monoisotopic (exact) mass is 222 g/mol. The molecular weight excluding hydrogens is 212 g/mol. The van der Waals surface area contributed by atoms with Gasteiger partial charge in [0.2, 0.25) is 0 Å². The molecule has 0 aromatic heterocycles. The SMILES string of the molecule is CC(=O)Cc1ccc2c(c1)S(=O)(=O)C=C2. The van der Waals surface area contributed by atoms with Crippen LogP contribution in [0, 0.1) is 0 Å². The van der Waals surface area contributed by atoms with Gasteiger partial charge in [0.1, 0.15) is 5.78 Å². The second-order valence-electron chi connectivity index (χ2n) is 3.60. The molecule has 0 spiro atoms. The third-order valence-electron chi connectivity index (χ3n) is 2.26. The Hall–Kier alpha value is -1.42. The highest BCUT2D eigenvalue weighted by molar-refractivity contribution is 7.94. The van der Waals surface area contributed by atoms with Crippen LogP contribution in [0.2, 0.25) is 0 Å². The van der Waals surface area contributed by atoms with E-state index in [1.165, 1.54) is 12.3 Å².